The largest absolute Gasteiger partial charge is 0.506 e. The minimum atomic E-state index is -0.649. The molecule has 3 rings (SSSR count). The molecule has 1 heterocycles. The van der Waals surface area contributed by atoms with Gasteiger partial charge in [-0.25, -0.2) is 9.79 Å². The lowest BCUT2D eigenvalue weighted by Crippen LogP contribution is -2.12. The molecule has 0 radical (unpaired) electrons. The average molecular weight is 446 g/mol. The molecule has 2 aromatic rings. The molecule has 0 atom stereocenters. The van der Waals surface area contributed by atoms with Crippen molar-refractivity contribution in [1.82, 2.24) is 0 Å². The van der Waals surface area contributed by atoms with E-state index in [9.17, 15) is 9.90 Å². The van der Waals surface area contributed by atoms with Crippen LogP contribution in [-0.2, 0) is 9.53 Å². The summed E-state index contributed by atoms with van der Waals surface area (Å²) in [5.74, 6) is 0.212. The highest BCUT2D eigenvalue weighted by Gasteiger charge is 2.33. The number of aliphatic imine (C=N–C) groups is 1. The van der Waals surface area contributed by atoms with E-state index in [4.69, 9.17) is 25.8 Å². The van der Waals surface area contributed by atoms with E-state index in [0.717, 1.165) is 11.8 Å². The molecule has 0 aliphatic carbocycles. The summed E-state index contributed by atoms with van der Waals surface area (Å²) in [6.07, 6.45) is 1.71. The second kappa shape index (κ2) is 9.73. The lowest BCUT2D eigenvalue weighted by Gasteiger charge is -2.10. The maximum Gasteiger partial charge on any atom is 0.344 e. The van der Waals surface area contributed by atoms with Gasteiger partial charge in [0.05, 0.1) is 31.4 Å². The van der Waals surface area contributed by atoms with E-state index >= 15 is 0 Å². The number of hydrogen-bond donors (Lipinski definition) is 1. The molecule has 0 aromatic heterocycles. The average Bonchev–Trinajstić information content (AvgIpc) is 3.02. The summed E-state index contributed by atoms with van der Waals surface area (Å²) in [7, 11) is 3.08. The summed E-state index contributed by atoms with van der Waals surface area (Å²) < 4.78 is 15.9. The van der Waals surface area contributed by atoms with Crippen LogP contribution in [0.25, 0.3) is 6.08 Å². The number of carbonyl (C=O) groups is 1. The molecule has 1 aliphatic heterocycles. The zero-order valence-corrected chi connectivity index (χ0v) is 18.2. The van der Waals surface area contributed by atoms with Gasteiger partial charge in [-0.3, -0.25) is 0 Å². The minimum absolute atomic E-state index is 0.00920. The molecule has 1 aliphatic rings. The molecule has 0 spiro atoms. The number of ether oxygens (including phenoxy) is 3. The first-order chi connectivity index (χ1) is 14.5. The van der Waals surface area contributed by atoms with Crippen molar-refractivity contribution >= 4 is 46.1 Å². The van der Waals surface area contributed by atoms with E-state index < -0.39 is 5.97 Å². The first-order valence-electron chi connectivity index (χ1n) is 9.04. The van der Waals surface area contributed by atoms with E-state index in [1.54, 1.807) is 56.5 Å². The Morgan fingerprint density at radius 1 is 1.20 bits per heavy atom. The normalized spacial score (nSPS) is 16.3. The Morgan fingerprint density at radius 3 is 2.63 bits per heavy atom. The van der Waals surface area contributed by atoms with Crippen LogP contribution in [0.4, 0.5) is 5.69 Å². The lowest BCUT2D eigenvalue weighted by atomic mass is 10.1. The monoisotopic (exact) mass is 445 g/mol. The maximum absolute atomic E-state index is 12.5. The van der Waals surface area contributed by atoms with Crippen molar-refractivity contribution in [3.63, 3.8) is 0 Å². The molecule has 0 bridgehead atoms. The number of benzene rings is 2. The summed E-state index contributed by atoms with van der Waals surface area (Å²) in [5.41, 5.74) is 1.24. The van der Waals surface area contributed by atoms with Crippen LogP contribution in [0.1, 0.15) is 12.5 Å². The molecule has 0 saturated heterocycles. The summed E-state index contributed by atoms with van der Waals surface area (Å²) in [6, 6.07) is 12.3. The quantitative estimate of drug-likeness (QED) is 0.587. The summed E-state index contributed by atoms with van der Waals surface area (Å²) in [4.78, 5) is 17.5. The summed E-state index contributed by atoms with van der Waals surface area (Å²) >= 11 is 7.20. The van der Waals surface area contributed by atoms with Gasteiger partial charge in [0.25, 0.3) is 0 Å². The maximum atomic E-state index is 12.5. The van der Waals surface area contributed by atoms with Gasteiger partial charge in [-0.15, -0.1) is 0 Å². The van der Waals surface area contributed by atoms with Crippen LogP contribution < -0.4 is 9.47 Å². The molecule has 0 amide bonds. The molecule has 0 saturated carbocycles. The molecular formula is C22H20ClNO5S. The second-order valence-corrected chi connectivity index (χ2v) is 7.50. The van der Waals surface area contributed by atoms with Crippen molar-refractivity contribution in [1.29, 1.82) is 0 Å². The highest BCUT2D eigenvalue weighted by molar-refractivity contribution is 8.18. The Hall–Kier alpha value is -2.90. The standard InChI is InChI=1S/C22H20ClNO5S/c1-4-29-22(26)18-19(25)17(11-13-7-5-10-16(27-2)20(13)28-3)30-21(18)24-15-9-6-8-14(23)12-15/h5-12,25H,4H2,1-3H3/b17-11+,24-21?. The molecule has 156 valence electrons. The van der Waals surface area contributed by atoms with Crippen LogP contribution in [0.3, 0.4) is 0 Å². The SMILES string of the molecule is CCOC(=O)C1=C(O)/C(=C\c2cccc(OC)c2OC)SC1=Nc1cccc(Cl)c1. The predicted octanol–water partition coefficient (Wildman–Crippen LogP) is 5.55. The minimum Gasteiger partial charge on any atom is -0.506 e. The number of aliphatic hydroxyl groups excluding tert-OH is 1. The molecule has 0 fully saturated rings. The van der Waals surface area contributed by atoms with Crippen LogP contribution in [0, 0.1) is 0 Å². The van der Waals surface area contributed by atoms with Crippen molar-refractivity contribution in [2.75, 3.05) is 20.8 Å². The number of nitrogens with zero attached hydrogens (tertiary/aromatic N) is 1. The fourth-order valence-electron chi connectivity index (χ4n) is 2.82. The number of esters is 1. The third kappa shape index (κ3) is 4.63. The molecule has 30 heavy (non-hydrogen) atoms. The predicted molar refractivity (Wildman–Crippen MR) is 120 cm³/mol. The number of para-hydroxylation sites is 1. The summed E-state index contributed by atoms with van der Waals surface area (Å²) in [6.45, 7) is 1.87. The smallest absolute Gasteiger partial charge is 0.344 e. The van der Waals surface area contributed by atoms with Gasteiger partial charge in [0.15, 0.2) is 11.5 Å². The lowest BCUT2D eigenvalue weighted by molar-refractivity contribution is -0.138. The highest BCUT2D eigenvalue weighted by atomic mass is 35.5. The van der Waals surface area contributed by atoms with Gasteiger partial charge in [0.1, 0.15) is 16.4 Å². The van der Waals surface area contributed by atoms with Crippen LogP contribution in [0.5, 0.6) is 11.5 Å². The van der Waals surface area contributed by atoms with Gasteiger partial charge in [0, 0.05) is 10.6 Å². The van der Waals surface area contributed by atoms with E-state index in [1.807, 2.05) is 6.07 Å². The van der Waals surface area contributed by atoms with Crippen molar-refractivity contribution in [3.8, 4) is 11.5 Å². The van der Waals surface area contributed by atoms with E-state index in [1.165, 1.54) is 7.11 Å². The number of methoxy groups -OCH3 is 2. The van der Waals surface area contributed by atoms with Gasteiger partial charge in [0.2, 0.25) is 0 Å². The number of thioether (sulfide) groups is 1. The molecule has 6 nitrogen and oxygen atoms in total. The Morgan fingerprint density at radius 2 is 1.97 bits per heavy atom. The molecular weight excluding hydrogens is 426 g/mol. The first kappa shape index (κ1) is 21.8. The number of carbonyl (C=O) groups excluding carboxylic acids is 1. The Labute approximate surface area is 183 Å². The number of halogens is 1. The summed E-state index contributed by atoms with van der Waals surface area (Å²) in [5, 5.41) is 11.6. The van der Waals surface area contributed by atoms with Gasteiger partial charge in [-0.1, -0.05) is 41.6 Å². The van der Waals surface area contributed by atoms with Crippen LogP contribution in [0.2, 0.25) is 5.02 Å². The Kier molecular flexibility index (Phi) is 7.07. The number of aliphatic hydroxyl groups is 1. The Bertz CT molecular complexity index is 1060. The van der Waals surface area contributed by atoms with E-state index in [2.05, 4.69) is 4.99 Å². The third-order valence-corrected chi connectivity index (χ3v) is 5.38. The zero-order valence-electron chi connectivity index (χ0n) is 16.6. The molecule has 0 unspecified atom stereocenters. The van der Waals surface area contributed by atoms with E-state index in [0.29, 0.717) is 37.7 Å². The number of rotatable bonds is 6. The molecule has 8 heteroatoms. The molecule has 1 N–H and O–H groups in total. The fraction of sp³-hybridized carbons (Fsp3) is 0.182. The van der Waals surface area contributed by atoms with Gasteiger partial charge in [-0.2, -0.15) is 0 Å². The molecule has 2 aromatic carbocycles. The van der Waals surface area contributed by atoms with Crippen molar-refractivity contribution in [3.05, 3.63) is 69.3 Å². The van der Waals surface area contributed by atoms with Gasteiger partial charge < -0.3 is 19.3 Å². The fourth-order valence-corrected chi connectivity index (χ4v) is 4.03. The Balaban J connectivity index is 2.10. The third-order valence-electron chi connectivity index (χ3n) is 4.13. The van der Waals surface area contributed by atoms with Crippen LogP contribution in [0.15, 0.2) is 63.7 Å². The second-order valence-electron chi connectivity index (χ2n) is 6.03. The van der Waals surface area contributed by atoms with Gasteiger partial charge in [-0.05, 0) is 37.3 Å². The van der Waals surface area contributed by atoms with Crippen molar-refractivity contribution in [2.45, 2.75) is 6.92 Å². The van der Waals surface area contributed by atoms with Gasteiger partial charge >= 0.3 is 5.97 Å². The van der Waals surface area contributed by atoms with Crippen LogP contribution in [-0.4, -0.2) is 36.9 Å². The van der Waals surface area contributed by atoms with E-state index in [-0.39, 0.29) is 17.9 Å². The van der Waals surface area contributed by atoms with Crippen molar-refractivity contribution in [2.24, 2.45) is 4.99 Å². The van der Waals surface area contributed by atoms with Crippen molar-refractivity contribution < 1.29 is 24.1 Å². The number of hydrogen-bond acceptors (Lipinski definition) is 7. The highest BCUT2D eigenvalue weighted by Crippen LogP contribution is 2.42. The van der Waals surface area contributed by atoms with Crippen LogP contribution >= 0.6 is 23.4 Å². The topological polar surface area (TPSA) is 77.4 Å². The zero-order chi connectivity index (χ0) is 21.7. The first-order valence-corrected chi connectivity index (χ1v) is 10.2.